The topological polar surface area (TPSA) is 67.2 Å². The Morgan fingerprint density at radius 2 is 1.70 bits per heavy atom. The van der Waals surface area contributed by atoms with Gasteiger partial charge < -0.3 is 14.8 Å². The van der Waals surface area contributed by atoms with Crippen LogP contribution in [0.3, 0.4) is 0 Å². The van der Waals surface area contributed by atoms with Crippen LogP contribution < -0.4 is 5.32 Å². The molecule has 0 spiro atoms. The normalized spacial score (nSPS) is 14.3. The Labute approximate surface area is 193 Å². The Kier molecular flexibility index (Phi) is 7.70. The Balaban J connectivity index is 1.36. The maximum atomic E-state index is 13.0. The quantitative estimate of drug-likeness (QED) is 0.520. The van der Waals surface area contributed by atoms with Crippen LogP contribution >= 0.6 is 0 Å². The zero-order valence-corrected chi connectivity index (χ0v) is 18.9. The minimum Gasteiger partial charge on any atom is -0.352 e. The molecule has 7 heteroatoms. The zero-order chi connectivity index (χ0) is 23.0. The molecule has 0 unspecified atom stereocenters. The molecule has 1 aliphatic rings. The minimum atomic E-state index is -0.361. The average molecular weight is 451 g/mol. The second kappa shape index (κ2) is 11.1. The molecule has 2 aromatic carbocycles. The summed E-state index contributed by atoms with van der Waals surface area (Å²) in [5.74, 6) is 0.564. The van der Waals surface area contributed by atoms with E-state index in [1.807, 2.05) is 29.2 Å². The largest absolute Gasteiger partial charge is 0.352 e. The van der Waals surface area contributed by atoms with Crippen molar-refractivity contribution in [2.24, 2.45) is 0 Å². The van der Waals surface area contributed by atoms with E-state index >= 15 is 0 Å². The van der Waals surface area contributed by atoms with E-state index < -0.39 is 0 Å². The van der Waals surface area contributed by atoms with Gasteiger partial charge in [-0.2, -0.15) is 0 Å². The van der Waals surface area contributed by atoms with Gasteiger partial charge >= 0.3 is 0 Å². The predicted octanol–water partition coefficient (Wildman–Crippen LogP) is 4.33. The molecule has 0 radical (unpaired) electrons. The Hall–Kier alpha value is -3.22. The van der Waals surface area contributed by atoms with Crippen molar-refractivity contribution in [2.75, 3.05) is 19.6 Å². The fourth-order valence-electron chi connectivity index (χ4n) is 4.40. The number of imidazole rings is 1. The fraction of sp³-hybridized carbons (Fsp3) is 0.423. The lowest BCUT2D eigenvalue weighted by molar-refractivity contribution is -0.131. The molecule has 4 rings (SSSR count). The van der Waals surface area contributed by atoms with Crippen LogP contribution in [0.25, 0.3) is 11.0 Å². The molecule has 0 aliphatic carbocycles. The molecule has 1 N–H and O–H groups in total. The van der Waals surface area contributed by atoms with Crippen molar-refractivity contribution in [3.05, 3.63) is 65.7 Å². The highest BCUT2D eigenvalue weighted by Gasteiger charge is 2.17. The van der Waals surface area contributed by atoms with Crippen molar-refractivity contribution >= 4 is 22.8 Å². The molecule has 3 aromatic rings. The second-order valence-electron chi connectivity index (χ2n) is 8.58. The van der Waals surface area contributed by atoms with Crippen LogP contribution in [0.15, 0.2) is 48.5 Å². The lowest BCUT2D eigenvalue weighted by Gasteiger charge is -2.20. The lowest BCUT2D eigenvalue weighted by Crippen LogP contribution is -2.32. The third kappa shape index (κ3) is 5.97. The smallest absolute Gasteiger partial charge is 0.251 e. The van der Waals surface area contributed by atoms with Gasteiger partial charge in [0.2, 0.25) is 5.91 Å². The van der Waals surface area contributed by atoms with Gasteiger partial charge in [-0.3, -0.25) is 9.59 Å². The van der Waals surface area contributed by atoms with Gasteiger partial charge in [-0.15, -0.1) is 0 Å². The molecule has 2 heterocycles. The minimum absolute atomic E-state index is 0.215. The average Bonchev–Trinajstić information content (AvgIpc) is 2.98. The molecule has 174 valence electrons. The van der Waals surface area contributed by atoms with Gasteiger partial charge in [-0.25, -0.2) is 9.37 Å². The first-order chi connectivity index (χ1) is 16.1. The molecule has 1 aliphatic heterocycles. The molecule has 6 nitrogen and oxygen atoms in total. The van der Waals surface area contributed by atoms with Crippen LogP contribution in [0.5, 0.6) is 0 Å². The molecule has 1 fully saturated rings. The maximum Gasteiger partial charge on any atom is 0.251 e. The number of carbonyl (C=O) groups is 2. The zero-order valence-electron chi connectivity index (χ0n) is 18.9. The summed E-state index contributed by atoms with van der Waals surface area (Å²) in [7, 11) is 0. The Morgan fingerprint density at radius 1 is 0.970 bits per heavy atom. The van der Waals surface area contributed by atoms with Crippen molar-refractivity contribution in [3.63, 3.8) is 0 Å². The first kappa shape index (κ1) is 23.0. The molecular formula is C26H31FN4O2. The molecule has 0 saturated carbocycles. The number of amides is 2. The van der Waals surface area contributed by atoms with Gasteiger partial charge in [-0.05, 0) is 55.7 Å². The third-order valence-electron chi connectivity index (χ3n) is 6.21. The van der Waals surface area contributed by atoms with Gasteiger partial charge in [0.25, 0.3) is 5.91 Å². The number of fused-ring (bicyclic) bond motifs is 1. The van der Waals surface area contributed by atoms with Crippen LogP contribution in [0.1, 0.15) is 54.7 Å². The van der Waals surface area contributed by atoms with Crippen LogP contribution in [0.2, 0.25) is 0 Å². The van der Waals surface area contributed by atoms with E-state index in [1.54, 1.807) is 0 Å². The van der Waals surface area contributed by atoms with Crippen molar-refractivity contribution in [1.82, 2.24) is 19.8 Å². The number of hydrogen-bond donors (Lipinski definition) is 1. The van der Waals surface area contributed by atoms with Crippen LogP contribution in [-0.4, -0.2) is 45.9 Å². The molecular weight excluding hydrogens is 419 g/mol. The summed E-state index contributed by atoms with van der Waals surface area (Å²) in [6, 6.07) is 13.5. The number of nitrogens with zero attached hydrogens (tertiary/aromatic N) is 3. The summed E-state index contributed by atoms with van der Waals surface area (Å²) in [6.07, 6.45) is 6.47. The summed E-state index contributed by atoms with van der Waals surface area (Å²) >= 11 is 0. The number of likely N-dealkylation sites (tertiary alicyclic amines) is 1. The molecule has 0 bridgehead atoms. The van der Waals surface area contributed by atoms with Gasteiger partial charge in [0.15, 0.2) is 0 Å². The number of carbonyl (C=O) groups excluding carboxylic acids is 2. The number of halogens is 1. The van der Waals surface area contributed by atoms with Crippen LogP contribution in [0.4, 0.5) is 4.39 Å². The number of hydrogen-bond acceptors (Lipinski definition) is 3. The number of benzene rings is 2. The lowest BCUT2D eigenvalue weighted by atomic mass is 10.2. The molecule has 2 amide bonds. The van der Waals surface area contributed by atoms with E-state index in [9.17, 15) is 14.0 Å². The highest BCUT2D eigenvalue weighted by Crippen LogP contribution is 2.19. The van der Waals surface area contributed by atoms with Gasteiger partial charge in [0.05, 0.1) is 11.0 Å². The van der Waals surface area contributed by atoms with E-state index in [1.165, 1.54) is 37.1 Å². The Morgan fingerprint density at radius 3 is 2.45 bits per heavy atom. The van der Waals surface area contributed by atoms with Crippen molar-refractivity contribution < 1.29 is 14.0 Å². The van der Waals surface area contributed by atoms with Crippen LogP contribution in [0, 0.1) is 5.82 Å². The van der Waals surface area contributed by atoms with Crippen molar-refractivity contribution in [3.8, 4) is 0 Å². The molecule has 33 heavy (non-hydrogen) atoms. The first-order valence-corrected chi connectivity index (χ1v) is 11.9. The summed E-state index contributed by atoms with van der Waals surface area (Å²) in [6.45, 7) is 2.83. The van der Waals surface area contributed by atoms with Gasteiger partial charge in [0.1, 0.15) is 11.6 Å². The van der Waals surface area contributed by atoms with Crippen LogP contribution in [-0.2, 0) is 17.8 Å². The Bertz CT molecular complexity index is 1090. The molecule has 0 atom stereocenters. The van der Waals surface area contributed by atoms with E-state index in [-0.39, 0.29) is 17.6 Å². The number of para-hydroxylation sites is 2. The third-order valence-corrected chi connectivity index (χ3v) is 6.21. The summed E-state index contributed by atoms with van der Waals surface area (Å²) < 4.78 is 15.2. The van der Waals surface area contributed by atoms with E-state index in [0.717, 1.165) is 49.2 Å². The fourth-order valence-corrected chi connectivity index (χ4v) is 4.40. The number of nitrogens with one attached hydrogen (secondary N) is 1. The summed E-state index contributed by atoms with van der Waals surface area (Å²) in [5.41, 5.74) is 2.40. The number of aryl methyl sites for hydroxylation is 2. The van der Waals surface area contributed by atoms with E-state index in [4.69, 9.17) is 4.98 Å². The van der Waals surface area contributed by atoms with Crippen molar-refractivity contribution in [2.45, 2.75) is 51.5 Å². The number of aromatic nitrogens is 2. The standard InChI is InChI=1S/C26H31FN4O2/c27-21-13-11-20(12-14-21)26(33)28-16-7-10-24-29-22-8-3-4-9-23(22)31(24)19-15-25(32)30-17-5-1-2-6-18-30/h3-4,8-9,11-14H,1-2,5-7,10,15-19H2,(H,28,33). The molecule has 1 saturated heterocycles. The van der Waals surface area contributed by atoms with E-state index in [0.29, 0.717) is 31.5 Å². The highest BCUT2D eigenvalue weighted by molar-refractivity contribution is 5.94. The van der Waals surface area contributed by atoms with Gasteiger partial charge in [-0.1, -0.05) is 25.0 Å². The predicted molar refractivity (Wildman–Crippen MR) is 126 cm³/mol. The SMILES string of the molecule is O=C(NCCCc1nc2ccccc2n1CCC(=O)N1CCCCCC1)c1ccc(F)cc1. The second-order valence-corrected chi connectivity index (χ2v) is 8.58. The number of rotatable bonds is 8. The van der Waals surface area contributed by atoms with Gasteiger partial charge in [0, 0.05) is 44.6 Å². The summed E-state index contributed by atoms with van der Waals surface area (Å²) in [5, 5.41) is 2.88. The maximum absolute atomic E-state index is 13.0. The molecule has 1 aromatic heterocycles. The summed E-state index contributed by atoms with van der Waals surface area (Å²) in [4.78, 5) is 31.8. The monoisotopic (exact) mass is 450 g/mol. The van der Waals surface area contributed by atoms with E-state index in [2.05, 4.69) is 9.88 Å². The highest BCUT2D eigenvalue weighted by atomic mass is 19.1. The first-order valence-electron chi connectivity index (χ1n) is 11.9. The van der Waals surface area contributed by atoms with Crippen molar-refractivity contribution in [1.29, 1.82) is 0 Å².